The zero-order valence-electron chi connectivity index (χ0n) is 19.2. The molecule has 0 unspecified atom stereocenters. The number of pyridine rings is 1. The van der Waals surface area contributed by atoms with Crippen molar-refractivity contribution in [2.24, 2.45) is 23.0 Å². The molecule has 1 aromatic heterocycles. The summed E-state index contributed by atoms with van der Waals surface area (Å²) in [4.78, 5) is 35.7. The van der Waals surface area contributed by atoms with E-state index >= 15 is 0 Å². The van der Waals surface area contributed by atoms with Gasteiger partial charge in [-0.2, -0.15) is 0 Å². The van der Waals surface area contributed by atoms with E-state index in [2.05, 4.69) is 30.7 Å². The molecule has 31 heavy (non-hydrogen) atoms. The predicted octanol–water partition coefficient (Wildman–Crippen LogP) is 2.90. The van der Waals surface area contributed by atoms with Gasteiger partial charge in [-0.15, -0.1) is 0 Å². The standard InChI is InChI=1S/C24H36N4O3/c1-5-31-23(30)20-17(24(2,3)4)18(25)19(28(20)22(29)15-9-6-10-15)16-11-7-12-26-21(16)27-13-8-14-27/h7,11-12,15,17-20H,5-6,8-10,13-14,25H2,1-4H3/t17-,18-,19-,20-/m0/s1. The van der Waals surface area contributed by atoms with Crippen LogP contribution in [0.3, 0.4) is 0 Å². The lowest BCUT2D eigenvalue weighted by Crippen LogP contribution is -2.50. The van der Waals surface area contributed by atoms with Crippen LogP contribution in [0.15, 0.2) is 18.3 Å². The van der Waals surface area contributed by atoms with Crippen LogP contribution in [0, 0.1) is 17.3 Å². The van der Waals surface area contributed by atoms with Gasteiger partial charge < -0.3 is 20.3 Å². The molecule has 2 N–H and O–H groups in total. The molecule has 7 heteroatoms. The zero-order valence-corrected chi connectivity index (χ0v) is 19.2. The third-order valence-corrected chi connectivity index (χ3v) is 7.25. The molecule has 0 spiro atoms. The first-order valence-electron chi connectivity index (χ1n) is 11.7. The number of carbonyl (C=O) groups excluding carboxylic acids is 2. The van der Waals surface area contributed by atoms with Gasteiger partial charge in [0.15, 0.2) is 0 Å². The van der Waals surface area contributed by atoms with Gasteiger partial charge in [0.2, 0.25) is 5.91 Å². The summed E-state index contributed by atoms with van der Waals surface area (Å²) in [5.74, 6) is 0.328. The van der Waals surface area contributed by atoms with Crippen molar-refractivity contribution in [2.45, 2.75) is 71.5 Å². The Kier molecular flexibility index (Phi) is 5.99. The van der Waals surface area contributed by atoms with Crippen molar-refractivity contribution < 1.29 is 14.3 Å². The number of ether oxygens (including phenoxy) is 1. The number of aromatic nitrogens is 1. The number of esters is 1. The van der Waals surface area contributed by atoms with Crippen molar-refractivity contribution in [3.8, 4) is 0 Å². The molecule has 2 aliphatic heterocycles. The Balaban J connectivity index is 1.83. The molecule has 1 aliphatic carbocycles. The van der Waals surface area contributed by atoms with Crippen molar-refractivity contribution in [3.05, 3.63) is 23.9 Å². The largest absolute Gasteiger partial charge is 0.464 e. The molecule has 3 heterocycles. The van der Waals surface area contributed by atoms with E-state index in [-0.39, 0.29) is 41.8 Å². The minimum atomic E-state index is -0.683. The van der Waals surface area contributed by atoms with Gasteiger partial charge in [0, 0.05) is 42.7 Å². The SMILES string of the molecule is CCOC(=O)[C@@H]1[C@@H](C(C)(C)C)[C@H](N)[C@H](c2cccnc2N2CCC2)N1C(=O)C1CCC1. The fourth-order valence-corrected chi connectivity index (χ4v) is 5.41. The topological polar surface area (TPSA) is 88.8 Å². The first-order chi connectivity index (χ1) is 14.8. The maximum absolute atomic E-state index is 13.7. The van der Waals surface area contributed by atoms with E-state index in [1.54, 1.807) is 18.0 Å². The molecule has 170 valence electrons. The molecule has 4 atom stereocenters. The molecular formula is C24H36N4O3. The molecule has 2 saturated heterocycles. The van der Waals surface area contributed by atoms with Gasteiger partial charge in [-0.1, -0.05) is 33.3 Å². The Morgan fingerprint density at radius 2 is 1.94 bits per heavy atom. The molecule has 0 aromatic carbocycles. The Labute approximate surface area is 185 Å². The second-order valence-electron chi connectivity index (χ2n) is 10.2. The molecule has 1 aromatic rings. The van der Waals surface area contributed by atoms with Gasteiger partial charge in [-0.25, -0.2) is 9.78 Å². The number of rotatable bonds is 5. The van der Waals surface area contributed by atoms with Crippen molar-refractivity contribution in [2.75, 3.05) is 24.6 Å². The number of anilines is 1. The van der Waals surface area contributed by atoms with E-state index in [4.69, 9.17) is 10.5 Å². The molecule has 0 bridgehead atoms. The lowest BCUT2D eigenvalue weighted by Gasteiger charge is -2.39. The average Bonchev–Trinajstić information content (AvgIpc) is 2.93. The van der Waals surface area contributed by atoms with Crippen LogP contribution in [-0.2, 0) is 14.3 Å². The Morgan fingerprint density at radius 3 is 2.45 bits per heavy atom. The smallest absolute Gasteiger partial charge is 0.329 e. The zero-order chi connectivity index (χ0) is 22.3. The van der Waals surface area contributed by atoms with Crippen LogP contribution in [0.4, 0.5) is 5.82 Å². The predicted molar refractivity (Wildman–Crippen MR) is 119 cm³/mol. The van der Waals surface area contributed by atoms with Crippen LogP contribution in [0.2, 0.25) is 0 Å². The molecule has 4 rings (SSSR count). The first-order valence-corrected chi connectivity index (χ1v) is 11.7. The summed E-state index contributed by atoms with van der Waals surface area (Å²) < 4.78 is 5.49. The highest BCUT2D eigenvalue weighted by molar-refractivity contribution is 5.88. The lowest BCUT2D eigenvalue weighted by atomic mass is 9.73. The Bertz CT molecular complexity index is 828. The van der Waals surface area contributed by atoms with E-state index in [1.807, 2.05) is 12.1 Å². The number of likely N-dealkylation sites (tertiary alicyclic amines) is 1. The minimum Gasteiger partial charge on any atom is -0.464 e. The quantitative estimate of drug-likeness (QED) is 0.726. The summed E-state index contributed by atoms with van der Waals surface area (Å²) >= 11 is 0. The highest BCUT2D eigenvalue weighted by Crippen LogP contribution is 2.50. The van der Waals surface area contributed by atoms with Crippen LogP contribution < -0.4 is 10.6 Å². The minimum absolute atomic E-state index is 0.0329. The van der Waals surface area contributed by atoms with Crippen LogP contribution in [-0.4, -0.2) is 53.5 Å². The van der Waals surface area contributed by atoms with Gasteiger partial charge in [-0.05, 0) is 37.7 Å². The third-order valence-electron chi connectivity index (χ3n) is 7.25. The van der Waals surface area contributed by atoms with Crippen molar-refractivity contribution in [1.29, 1.82) is 0 Å². The number of carbonyl (C=O) groups is 2. The van der Waals surface area contributed by atoms with Crippen LogP contribution in [0.25, 0.3) is 0 Å². The molecule has 3 aliphatic rings. The number of nitrogens with zero attached hydrogens (tertiary/aromatic N) is 3. The van der Waals surface area contributed by atoms with Crippen molar-refractivity contribution in [1.82, 2.24) is 9.88 Å². The summed E-state index contributed by atoms with van der Waals surface area (Å²) in [6.45, 7) is 10.3. The number of hydrogen-bond donors (Lipinski definition) is 1. The second kappa shape index (κ2) is 8.41. The number of nitrogens with two attached hydrogens (primary N) is 1. The molecular weight excluding hydrogens is 392 g/mol. The Morgan fingerprint density at radius 1 is 1.23 bits per heavy atom. The van der Waals surface area contributed by atoms with Crippen LogP contribution in [0.1, 0.15) is 65.0 Å². The Hall–Kier alpha value is -2.15. The van der Waals surface area contributed by atoms with Crippen molar-refractivity contribution in [3.63, 3.8) is 0 Å². The van der Waals surface area contributed by atoms with Gasteiger partial charge in [0.25, 0.3) is 0 Å². The summed E-state index contributed by atoms with van der Waals surface area (Å²) in [5.41, 5.74) is 7.61. The summed E-state index contributed by atoms with van der Waals surface area (Å²) in [6, 6.07) is 2.47. The highest BCUT2D eigenvalue weighted by Gasteiger charge is 2.58. The average molecular weight is 429 g/mol. The summed E-state index contributed by atoms with van der Waals surface area (Å²) in [6.07, 6.45) is 5.73. The molecule has 7 nitrogen and oxygen atoms in total. The molecule has 1 amide bonds. The van der Waals surface area contributed by atoms with Gasteiger partial charge in [0.1, 0.15) is 11.9 Å². The number of amides is 1. The fourth-order valence-electron chi connectivity index (χ4n) is 5.41. The van der Waals surface area contributed by atoms with Crippen LogP contribution in [0.5, 0.6) is 0 Å². The normalized spacial score (nSPS) is 28.8. The van der Waals surface area contributed by atoms with Crippen molar-refractivity contribution >= 4 is 17.7 Å². The fraction of sp³-hybridized carbons (Fsp3) is 0.708. The third kappa shape index (κ3) is 3.81. The van der Waals surface area contributed by atoms with E-state index < -0.39 is 12.1 Å². The van der Waals surface area contributed by atoms with Gasteiger partial charge in [0.05, 0.1) is 12.6 Å². The molecule has 0 radical (unpaired) electrons. The second-order valence-corrected chi connectivity index (χ2v) is 10.2. The van der Waals surface area contributed by atoms with Gasteiger partial charge in [-0.3, -0.25) is 4.79 Å². The first kappa shape index (κ1) is 22.1. The van der Waals surface area contributed by atoms with E-state index in [0.717, 1.165) is 50.2 Å². The summed E-state index contributed by atoms with van der Waals surface area (Å²) in [5, 5.41) is 0. The maximum Gasteiger partial charge on any atom is 0.329 e. The van der Waals surface area contributed by atoms with E-state index in [1.165, 1.54) is 0 Å². The monoisotopic (exact) mass is 428 g/mol. The highest BCUT2D eigenvalue weighted by atomic mass is 16.5. The molecule has 1 saturated carbocycles. The lowest BCUT2D eigenvalue weighted by molar-refractivity contribution is -0.159. The van der Waals surface area contributed by atoms with E-state index in [0.29, 0.717) is 0 Å². The molecule has 3 fully saturated rings. The van der Waals surface area contributed by atoms with Gasteiger partial charge >= 0.3 is 5.97 Å². The maximum atomic E-state index is 13.7. The van der Waals surface area contributed by atoms with Crippen LogP contribution >= 0.6 is 0 Å². The number of hydrogen-bond acceptors (Lipinski definition) is 6. The summed E-state index contributed by atoms with van der Waals surface area (Å²) in [7, 11) is 0. The van der Waals surface area contributed by atoms with E-state index in [9.17, 15) is 9.59 Å².